The van der Waals surface area contributed by atoms with Crippen molar-refractivity contribution in [2.45, 2.75) is 38.6 Å². The van der Waals surface area contributed by atoms with E-state index in [1.165, 1.54) is 10.4 Å². The quantitative estimate of drug-likeness (QED) is 0.873. The summed E-state index contributed by atoms with van der Waals surface area (Å²) >= 11 is 1.58. The van der Waals surface area contributed by atoms with Crippen molar-refractivity contribution in [1.82, 2.24) is 14.3 Å². The fourth-order valence-corrected chi connectivity index (χ4v) is 3.82. The summed E-state index contributed by atoms with van der Waals surface area (Å²) in [6.07, 6.45) is 3.47. The number of aryl methyl sites for hydroxylation is 2. The molecule has 5 heteroatoms. The highest BCUT2D eigenvalue weighted by Crippen LogP contribution is 2.34. The van der Waals surface area contributed by atoms with Crippen LogP contribution in [-0.4, -0.2) is 27.3 Å². The summed E-state index contributed by atoms with van der Waals surface area (Å²) in [4.78, 5) is 8.16. The van der Waals surface area contributed by atoms with Crippen molar-refractivity contribution >= 4 is 11.5 Å². The second-order valence-corrected chi connectivity index (χ2v) is 6.97. The topological polar surface area (TPSA) is 52.8 Å². The maximum atomic E-state index is 9.71. The van der Waals surface area contributed by atoms with Gasteiger partial charge in [-0.3, -0.25) is 9.88 Å². The van der Waals surface area contributed by atoms with Gasteiger partial charge in [0.05, 0.1) is 17.5 Å². The summed E-state index contributed by atoms with van der Waals surface area (Å²) in [5.41, 5.74) is 2.99. The number of pyridine rings is 1. The van der Waals surface area contributed by atoms with E-state index in [1.807, 2.05) is 18.2 Å². The predicted molar refractivity (Wildman–Crippen MR) is 87.6 cm³/mol. The predicted octanol–water partition coefficient (Wildman–Crippen LogP) is 3.21. The fourth-order valence-electron chi connectivity index (χ4n) is 3.12. The van der Waals surface area contributed by atoms with Gasteiger partial charge in [0.15, 0.2) is 0 Å². The molecular weight excluding hydrogens is 292 g/mol. The first-order chi connectivity index (χ1) is 10.6. The van der Waals surface area contributed by atoms with Gasteiger partial charge in [0.1, 0.15) is 5.41 Å². The number of nitriles is 1. The minimum Gasteiger partial charge on any atom is -0.299 e. The van der Waals surface area contributed by atoms with Crippen LogP contribution in [0.1, 0.15) is 34.7 Å². The molecule has 22 heavy (non-hydrogen) atoms. The highest BCUT2D eigenvalue weighted by Gasteiger charge is 2.37. The molecule has 1 aliphatic heterocycles. The lowest BCUT2D eigenvalue weighted by Gasteiger charge is -2.37. The summed E-state index contributed by atoms with van der Waals surface area (Å²) < 4.78 is 4.43. The van der Waals surface area contributed by atoms with Crippen LogP contribution in [-0.2, 0) is 12.0 Å². The Morgan fingerprint density at radius 1 is 1.32 bits per heavy atom. The van der Waals surface area contributed by atoms with Gasteiger partial charge >= 0.3 is 0 Å². The Morgan fingerprint density at radius 3 is 2.64 bits per heavy atom. The molecule has 3 heterocycles. The molecule has 114 valence electrons. The molecule has 1 saturated heterocycles. The van der Waals surface area contributed by atoms with Crippen LogP contribution < -0.4 is 0 Å². The Hall–Kier alpha value is -1.77. The molecule has 0 atom stereocenters. The Kier molecular flexibility index (Phi) is 4.23. The number of piperidine rings is 1. The van der Waals surface area contributed by atoms with Gasteiger partial charge in [0, 0.05) is 36.3 Å². The smallest absolute Gasteiger partial charge is 0.102 e. The molecule has 0 saturated carbocycles. The van der Waals surface area contributed by atoms with Crippen LogP contribution in [0.3, 0.4) is 0 Å². The first-order valence-electron chi connectivity index (χ1n) is 7.61. The van der Waals surface area contributed by atoms with E-state index in [-0.39, 0.29) is 0 Å². The van der Waals surface area contributed by atoms with E-state index in [0.717, 1.165) is 43.9 Å². The van der Waals surface area contributed by atoms with Crippen LogP contribution >= 0.6 is 11.5 Å². The maximum absolute atomic E-state index is 9.71. The average molecular weight is 312 g/mol. The molecule has 0 N–H and O–H groups in total. The minimum absolute atomic E-state index is 0.422. The highest BCUT2D eigenvalue weighted by molar-refractivity contribution is 7.05. The summed E-state index contributed by atoms with van der Waals surface area (Å²) in [6.45, 7) is 7.02. The first-order valence-corrected chi connectivity index (χ1v) is 8.39. The Labute approximate surface area is 135 Å². The third-order valence-electron chi connectivity index (χ3n) is 4.64. The maximum Gasteiger partial charge on any atom is 0.102 e. The van der Waals surface area contributed by atoms with Crippen molar-refractivity contribution in [3.8, 4) is 6.07 Å². The van der Waals surface area contributed by atoms with Gasteiger partial charge in [-0.1, -0.05) is 6.07 Å². The van der Waals surface area contributed by atoms with Crippen molar-refractivity contribution < 1.29 is 0 Å². The van der Waals surface area contributed by atoms with E-state index < -0.39 is 5.41 Å². The first kappa shape index (κ1) is 15.1. The lowest BCUT2D eigenvalue weighted by molar-refractivity contribution is 0.176. The van der Waals surface area contributed by atoms with Crippen molar-refractivity contribution in [3.63, 3.8) is 0 Å². The average Bonchev–Trinajstić information content (AvgIpc) is 2.88. The van der Waals surface area contributed by atoms with E-state index in [2.05, 4.69) is 34.2 Å². The minimum atomic E-state index is -0.422. The number of nitrogens with zero attached hydrogens (tertiary/aromatic N) is 4. The van der Waals surface area contributed by atoms with Gasteiger partial charge in [0.25, 0.3) is 0 Å². The number of rotatable bonds is 3. The van der Waals surface area contributed by atoms with Crippen molar-refractivity contribution in [2.75, 3.05) is 13.1 Å². The van der Waals surface area contributed by atoms with Crippen LogP contribution in [0.25, 0.3) is 0 Å². The van der Waals surface area contributed by atoms with Gasteiger partial charge in [-0.2, -0.15) is 9.64 Å². The molecule has 0 radical (unpaired) electrons. The Morgan fingerprint density at radius 2 is 2.09 bits per heavy atom. The molecule has 0 amide bonds. The molecule has 0 unspecified atom stereocenters. The zero-order valence-electron chi connectivity index (χ0n) is 13.0. The van der Waals surface area contributed by atoms with Crippen LogP contribution in [0.2, 0.25) is 0 Å². The molecule has 1 fully saturated rings. The lowest BCUT2D eigenvalue weighted by atomic mass is 9.76. The Balaban J connectivity index is 1.71. The van der Waals surface area contributed by atoms with Crippen molar-refractivity contribution in [3.05, 3.63) is 46.2 Å². The zero-order chi connectivity index (χ0) is 15.6. The lowest BCUT2D eigenvalue weighted by Crippen LogP contribution is -2.42. The molecule has 0 spiro atoms. The van der Waals surface area contributed by atoms with E-state index in [9.17, 15) is 5.26 Å². The molecule has 0 aromatic carbocycles. The van der Waals surface area contributed by atoms with E-state index in [0.29, 0.717) is 0 Å². The van der Waals surface area contributed by atoms with Crippen LogP contribution in [0, 0.1) is 25.2 Å². The second kappa shape index (κ2) is 6.15. The summed E-state index contributed by atoms with van der Waals surface area (Å²) in [5.74, 6) is 0. The molecule has 0 bridgehead atoms. The molecule has 0 aliphatic carbocycles. The van der Waals surface area contributed by atoms with Gasteiger partial charge in [-0.25, -0.2) is 0 Å². The molecule has 4 nitrogen and oxygen atoms in total. The van der Waals surface area contributed by atoms with Gasteiger partial charge in [0.2, 0.25) is 0 Å². The van der Waals surface area contributed by atoms with Crippen molar-refractivity contribution in [2.24, 2.45) is 0 Å². The van der Waals surface area contributed by atoms with Crippen LogP contribution in [0.4, 0.5) is 0 Å². The Bertz CT molecular complexity index is 659. The molecule has 2 aromatic heterocycles. The van der Waals surface area contributed by atoms with Gasteiger partial charge in [-0.15, -0.1) is 0 Å². The van der Waals surface area contributed by atoms with E-state index in [4.69, 9.17) is 0 Å². The largest absolute Gasteiger partial charge is 0.299 e. The van der Waals surface area contributed by atoms with Gasteiger partial charge < -0.3 is 0 Å². The highest BCUT2D eigenvalue weighted by atomic mass is 32.1. The molecule has 1 aliphatic rings. The van der Waals surface area contributed by atoms with E-state index >= 15 is 0 Å². The van der Waals surface area contributed by atoms with E-state index in [1.54, 1.807) is 17.7 Å². The fraction of sp³-hybridized carbons (Fsp3) is 0.471. The third kappa shape index (κ3) is 2.77. The normalized spacial score (nSPS) is 18.0. The monoisotopic (exact) mass is 312 g/mol. The number of aromatic nitrogens is 2. The third-order valence-corrected chi connectivity index (χ3v) is 5.53. The molecule has 3 rings (SSSR count). The summed E-state index contributed by atoms with van der Waals surface area (Å²) in [7, 11) is 0. The zero-order valence-corrected chi connectivity index (χ0v) is 13.9. The van der Waals surface area contributed by atoms with Gasteiger partial charge in [-0.05, 0) is 50.4 Å². The van der Waals surface area contributed by atoms with Crippen LogP contribution in [0.5, 0.6) is 0 Å². The second-order valence-electron chi connectivity index (χ2n) is 5.99. The SMILES string of the molecule is Cc1nsc(C)c1CN1CCC(C#N)(c2ccccn2)CC1. The number of hydrogen-bond acceptors (Lipinski definition) is 5. The number of likely N-dealkylation sites (tertiary alicyclic amines) is 1. The van der Waals surface area contributed by atoms with Crippen molar-refractivity contribution in [1.29, 1.82) is 5.26 Å². The summed E-state index contributed by atoms with van der Waals surface area (Å²) in [5, 5.41) is 9.71. The molecular formula is C17H20N4S. The molecule has 2 aromatic rings. The summed E-state index contributed by atoms with van der Waals surface area (Å²) in [6, 6.07) is 8.39. The standard InChI is InChI=1S/C17H20N4S/c1-13-15(14(2)22-20-13)11-21-9-6-17(12-18,7-10-21)16-5-3-4-8-19-16/h3-5,8H,6-7,9-11H2,1-2H3. The number of hydrogen-bond donors (Lipinski definition) is 0. The van der Waals surface area contributed by atoms with Crippen LogP contribution in [0.15, 0.2) is 24.4 Å².